The number of carbonyl (C=O) groups is 2. The summed E-state index contributed by atoms with van der Waals surface area (Å²) < 4.78 is 38.4. The van der Waals surface area contributed by atoms with Gasteiger partial charge in [0.15, 0.2) is 0 Å². The van der Waals surface area contributed by atoms with Crippen LogP contribution in [0.25, 0.3) is 34.4 Å². The zero-order chi connectivity index (χ0) is 49.4. The number of rotatable bonds is 22. The number of methoxy groups -OCH3 is 2. The molecule has 0 unspecified atom stereocenters. The molecule has 2 heterocycles. The fourth-order valence-corrected chi connectivity index (χ4v) is 7.70. The van der Waals surface area contributed by atoms with Gasteiger partial charge >= 0.3 is 11.9 Å². The van der Waals surface area contributed by atoms with Crippen molar-refractivity contribution in [2.24, 2.45) is 0 Å². The van der Waals surface area contributed by atoms with E-state index in [1.165, 1.54) is 36.4 Å². The lowest BCUT2D eigenvalue weighted by molar-refractivity contribution is -0.140. The average Bonchev–Trinajstić information content (AvgIpc) is 3.22. The molecule has 4 atom stereocenters. The van der Waals surface area contributed by atoms with E-state index >= 15 is 0 Å². The lowest BCUT2D eigenvalue weighted by atomic mass is 9.87. The van der Waals surface area contributed by atoms with Crippen LogP contribution >= 0.6 is 0 Å². The molecule has 4 aromatic rings. The first-order valence-electron chi connectivity index (χ1n) is 22.2. The standard InChI is InChI=1S/2C26H34FNO5/c2*1-15(2)25-21(11-10-19(29)12-20(30)13-23(31)32)24(17-6-8-18(27)9-7-17)22(14-33-5)26(28-25)16(3)4/h2*6-11,15-16,19-20,29-30H,12-14H2,1-5H3,(H,31,32)/b2*11-10+/t2*19-,20-/m11/s1. The molecule has 0 fully saturated rings. The number of nitrogens with zero attached hydrogens (tertiary/aromatic N) is 2. The van der Waals surface area contributed by atoms with E-state index in [1.54, 1.807) is 50.6 Å². The first-order valence-corrected chi connectivity index (χ1v) is 22.2. The SMILES string of the molecule is COCc1c(C(C)C)nc(C(C)C)c(/C=C/[C@@H](O)C[C@@H](O)CC(=O)O)c1-c1ccc(F)cc1.COCc1c(C(C)C)nc(C(C)C)c(/C=C/[C@@H](O)C[C@@H](O)CC(=O)O)c1-c1ccc(F)cc1. The molecule has 66 heavy (non-hydrogen) atoms. The molecule has 4 rings (SSSR count). The van der Waals surface area contributed by atoms with Crippen LogP contribution < -0.4 is 0 Å². The van der Waals surface area contributed by atoms with Crippen LogP contribution in [0.4, 0.5) is 8.78 Å². The maximum Gasteiger partial charge on any atom is 0.305 e. The van der Waals surface area contributed by atoms with Crippen LogP contribution in [0.5, 0.6) is 0 Å². The van der Waals surface area contributed by atoms with Crippen LogP contribution in [0, 0.1) is 11.6 Å². The molecule has 360 valence electrons. The van der Waals surface area contributed by atoms with E-state index in [-0.39, 0.29) is 48.1 Å². The van der Waals surface area contributed by atoms with Gasteiger partial charge in [-0.25, -0.2) is 8.78 Å². The second-order valence-electron chi connectivity index (χ2n) is 17.6. The van der Waals surface area contributed by atoms with Crippen LogP contribution in [-0.4, -0.2) is 91.2 Å². The summed E-state index contributed by atoms with van der Waals surface area (Å²) in [6.07, 6.45) is 1.08. The van der Waals surface area contributed by atoms with Gasteiger partial charge in [0, 0.05) is 60.7 Å². The number of aliphatic carboxylic acids is 2. The number of pyridine rings is 2. The summed E-state index contributed by atoms with van der Waals surface area (Å²) >= 11 is 0. The number of aliphatic hydroxyl groups is 4. The Morgan fingerprint density at radius 3 is 1.11 bits per heavy atom. The van der Waals surface area contributed by atoms with Crippen LogP contribution in [0.15, 0.2) is 60.7 Å². The molecule has 14 heteroatoms. The predicted octanol–water partition coefficient (Wildman–Crippen LogP) is 9.76. The monoisotopic (exact) mass is 918 g/mol. The fourth-order valence-electron chi connectivity index (χ4n) is 7.70. The molecule has 0 aliphatic carbocycles. The largest absolute Gasteiger partial charge is 0.481 e. The van der Waals surface area contributed by atoms with E-state index in [0.29, 0.717) is 13.2 Å². The lowest BCUT2D eigenvalue weighted by Crippen LogP contribution is -2.19. The molecule has 0 saturated carbocycles. The van der Waals surface area contributed by atoms with Gasteiger partial charge in [-0.15, -0.1) is 0 Å². The molecule has 6 N–H and O–H groups in total. The molecule has 0 amide bonds. The van der Waals surface area contributed by atoms with Gasteiger partial charge in [0.25, 0.3) is 0 Å². The third-order valence-corrected chi connectivity index (χ3v) is 10.6. The molecule has 12 nitrogen and oxygen atoms in total. The highest BCUT2D eigenvalue weighted by atomic mass is 19.1. The fraction of sp³-hybridized carbons (Fsp3) is 0.462. The van der Waals surface area contributed by atoms with Crippen LogP contribution in [0.3, 0.4) is 0 Å². The van der Waals surface area contributed by atoms with Gasteiger partial charge in [-0.05, 0) is 70.2 Å². The Kier molecular flexibility index (Phi) is 21.9. The van der Waals surface area contributed by atoms with Crippen molar-refractivity contribution in [2.45, 2.75) is 142 Å². The van der Waals surface area contributed by atoms with Crippen molar-refractivity contribution < 1.29 is 58.5 Å². The van der Waals surface area contributed by atoms with Crippen LogP contribution in [-0.2, 0) is 32.3 Å². The van der Waals surface area contributed by atoms with Gasteiger partial charge < -0.3 is 40.1 Å². The summed E-state index contributed by atoms with van der Waals surface area (Å²) in [7, 11) is 3.22. The number of ether oxygens (including phenoxy) is 2. The number of aliphatic hydroxyl groups excluding tert-OH is 4. The Balaban J connectivity index is 0.000000350. The highest BCUT2D eigenvalue weighted by Crippen LogP contribution is 2.39. The molecule has 0 saturated heterocycles. The number of carboxylic acid groups (broad SMARTS) is 2. The summed E-state index contributed by atoms with van der Waals surface area (Å²) in [4.78, 5) is 31.5. The summed E-state index contributed by atoms with van der Waals surface area (Å²) in [6, 6.07) is 12.5. The smallest absolute Gasteiger partial charge is 0.305 e. The minimum atomic E-state index is -1.16. The van der Waals surface area contributed by atoms with Gasteiger partial charge in [-0.1, -0.05) is 104 Å². The summed E-state index contributed by atoms with van der Waals surface area (Å²) in [5, 5.41) is 58.2. The minimum absolute atomic E-state index is 0.0627. The van der Waals surface area contributed by atoms with Crippen LogP contribution in [0.1, 0.15) is 150 Å². The highest BCUT2D eigenvalue weighted by Gasteiger charge is 2.25. The number of hydrogen-bond acceptors (Lipinski definition) is 10. The van der Waals surface area contributed by atoms with E-state index < -0.39 is 49.2 Å². The van der Waals surface area contributed by atoms with Crippen molar-refractivity contribution in [1.29, 1.82) is 0 Å². The number of hydrogen-bond donors (Lipinski definition) is 6. The van der Waals surface area contributed by atoms with Crippen molar-refractivity contribution in [2.75, 3.05) is 14.2 Å². The Hall–Kier alpha value is -5.22. The molecule has 0 aliphatic rings. The molecule has 2 aromatic carbocycles. The van der Waals surface area contributed by atoms with Crippen LogP contribution in [0.2, 0.25) is 0 Å². The Morgan fingerprint density at radius 2 is 0.848 bits per heavy atom. The van der Waals surface area contributed by atoms with Gasteiger partial charge in [0.05, 0.1) is 61.9 Å². The summed E-state index contributed by atoms with van der Waals surface area (Å²) in [5.74, 6) is -2.55. The quantitative estimate of drug-likeness (QED) is 0.0437. The number of carboxylic acids is 2. The maximum absolute atomic E-state index is 13.7. The molecule has 2 aromatic heterocycles. The zero-order valence-corrected chi connectivity index (χ0v) is 39.8. The molecular weight excluding hydrogens is 851 g/mol. The zero-order valence-electron chi connectivity index (χ0n) is 39.8. The maximum atomic E-state index is 13.7. The number of benzene rings is 2. The first kappa shape index (κ1) is 55.1. The van der Waals surface area contributed by atoms with Crippen molar-refractivity contribution in [3.05, 3.63) is 117 Å². The average molecular weight is 919 g/mol. The Labute approximate surface area is 387 Å². The molecule has 0 bridgehead atoms. The van der Waals surface area contributed by atoms with E-state index in [9.17, 15) is 38.8 Å². The third kappa shape index (κ3) is 16.0. The van der Waals surface area contributed by atoms with Crippen molar-refractivity contribution >= 4 is 24.1 Å². The van der Waals surface area contributed by atoms with Gasteiger partial charge in [0.1, 0.15) is 11.6 Å². The molecule has 0 spiro atoms. The Bertz CT molecular complexity index is 2100. The number of aromatic nitrogens is 2. The Morgan fingerprint density at radius 1 is 0.545 bits per heavy atom. The second kappa shape index (κ2) is 26.2. The van der Waals surface area contributed by atoms with Gasteiger partial charge in [0.2, 0.25) is 0 Å². The topological polar surface area (TPSA) is 200 Å². The molecule has 0 radical (unpaired) electrons. The number of halogens is 2. The minimum Gasteiger partial charge on any atom is -0.481 e. The first-order chi connectivity index (χ1) is 31.1. The second-order valence-corrected chi connectivity index (χ2v) is 17.6. The van der Waals surface area contributed by atoms with Crippen molar-refractivity contribution in [3.63, 3.8) is 0 Å². The van der Waals surface area contributed by atoms with Crippen molar-refractivity contribution in [1.82, 2.24) is 9.97 Å². The van der Waals surface area contributed by atoms with E-state index in [4.69, 9.17) is 29.7 Å². The summed E-state index contributed by atoms with van der Waals surface area (Å²) in [6.45, 7) is 17.0. The van der Waals surface area contributed by atoms with Crippen molar-refractivity contribution in [3.8, 4) is 22.3 Å². The highest BCUT2D eigenvalue weighted by molar-refractivity contribution is 5.81. The van der Waals surface area contributed by atoms with E-state index in [0.717, 1.165) is 67.3 Å². The van der Waals surface area contributed by atoms with E-state index in [2.05, 4.69) is 27.7 Å². The predicted molar refractivity (Wildman–Crippen MR) is 253 cm³/mol. The van der Waals surface area contributed by atoms with Gasteiger partial charge in [-0.3, -0.25) is 19.6 Å². The molecule has 0 aliphatic heterocycles. The molecular formula is C52H68F2N2O10. The lowest BCUT2D eigenvalue weighted by Gasteiger charge is -2.23. The third-order valence-electron chi connectivity index (χ3n) is 10.6. The van der Waals surface area contributed by atoms with Gasteiger partial charge in [-0.2, -0.15) is 0 Å². The summed E-state index contributed by atoms with van der Waals surface area (Å²) in [5.41, 5.74) is 10.1. The van der Waals surface area contributed by atoms with E-state index in [1.807, 2.05) is 27.7 Å². The normalized spacial score (nSPS) is 13.8.